The van der Waals surface area contributed by atoms with Crippen molar-refractivity contribution in [2.75, 3.05) is 17.6 Å². The first-order valence-corrected chi connectivity index (χ1v) is 5.74. The van der Waals surface area contributed by atoms with Crippen molar-refractivity contribution in [2.45, 2.75) is 13.3 Å². The number of nitrogen functional groups attached to an aromatic ring is 1. The lowest BCUT2D eigenvalue weighted by atomic mass is 10.1. The van der Waals surface area contributed by atoms with E-state index >= 15 is 0 Å². The Kier molecular flexibility index (Phi) is 3.60. The first-order chi connectivity index (χ1) is 8.25. The van der Waals surface area contributed by atoms with Crippen LogP contribution in [0.15, 0.2) is 42.7 Å². The molecule has 2 rings (SSSR count). The molecule has 0 atom stereocenters. The Morgan fingerprint density at radius 2 is 1.94 bits per heavy atom. The van der Waals surface area contributed by atoms with Crippen LogP contribution >= 0.6 is 0 Å². The Balaban J connectivity index is 1.88. The summed E-state index contributed by atoms with van der Waals surface area (Å²) < 4.78 is 0. The van der Waals surface area contributed by atoms with Crippen molar-refractivity contribution in [3.05, 3.63) is 53.9 Å². The summed E-state index contributed by atoms with van der Waals surface area (Å²) in [5, 5.41) is 3.40. The Labute approximate surface area is 102 Å². The van der Waals surface area contributed by atoms with Crippen LogP contribution < -0.4 is 11.1 Å². The van der Waals surface area contributed by atoms with Gasteiger partial charge in [-0.05, 0) is 42.7 Å². The van der Waals surface area contributed by atoms with Crippen molar-refractivity contribution in [1.29, 1.82) is 0 Å². The first-order valence-electron chi connectivity index (χ1n) is 5.74. The quantitative estimate of drug-likeness (QED) is 0.789. The molecular formula is C14H17N3. The summed E-state index contributed by atoms with van der Waals surface area (Å²) in [6, 6.07) is 10.0. The zero-order valence-corrected chi connectivity index (χ0v) is 9.98. The molecule has 3 heteroatoms. The maximum atomic E-state index is 5.64. The number of anilines is 2. The van der Waals surface area contributed by atoms with Gasteiger partial charge in [-0.3, -0.25) is 4.98 Å². The van der Waals surface area contributed by atoms with Crippen LogP contribution in [-0.4, -0.2) is 11.5 Å². The molecule has 1 aromatic heterocycles. The van der Waals surface area contributed by atoms with E-state index in [-0.39, 0.29) is 0 Å². The minimum atomic E-state index is 0.812. The number of pyridine rings is 1. The molecule has 0 spiro atoms. The number of nitrogens with zero attached hydrogens (tertiary/aromatic N) is 1. The van der Waals surface area contributed by atoms with E-state index in [0.29, 0.717) is 0 Å². The van der Waals surface area contributed by atoms with E-state index in [1.165, 1.54) is 11.1 Å². The van der Waals surface area contributed by atoms with E-state index in [9.17, 15) is 0 Å². The van der Waals surface area contributed by atoms with Crippen LogP contribution in [0.3, 0.4) is 0 Å². The lowest BCUT2D eigenvalue weighted by Gasteiger charge is -2.08. The van der Waals surface area contributed by atoms with E-state index in [4.69, 9.17) is 5.73 Å². The molecule has 0 bridgehead atoms. The number of benzene rings is 1. The highest BCUT2D eigenvalue weighted by atomic mass is 14.9. The number of nitrogens with one attached hydrogen (secondary N) is 1. The molecule has 2 aromatic rings. The fraction of sp³-hybridized carbons (Fsp3) is 0.214. The van der Waals surface area contributed by atoms with Crippen LogP contribution in [0.2, 0.25) is 0 Å². The smallest absolute Gasteiger partial charge is 0.0400 e. The molecule has 0 amide bonds. The van der Waals surface area contributed by atoms with Crippen molar-refractivity contribution >= 4 is 11.4 Å². The molecule has 0 saturated heterocycles. The van der Waals surface area contributed by atoms with Crippen LogP contribution in [0, 0.1) is 6.92 Å². The van der Waals surface area contributed by atoms with E-state index in [2.05, 4.69) is 29.4 Å². The maximum absolute atomic E-state index is 5.64. The highest BCUT2D eigenvalue weighted by Crippen LogP contribution is 2.12. The Bertz CT molecular complexity index is 477. The monoisotopic (exact) mass is 227 g/mol. The summed E-state index contributed by atoms with van der Waals surface area (Å²) in [7, 11) is 0. The van der Waals surface area contributed by atoms with Crippen molar-refractivity contribution < 1.29 is 0 Å². The van der Waals surface area contributed by atoms with Gasteiger partial charge in [0.25, 0.3) is 0 Å². The molecule has 1 heterocycles. The molecule has 0 aliphatic carbocycles. The second-order valence-electron chi connectivity index (χ2n) is 4.11. The summed E-state index contributed by atoms with van der Waals surface area (Å²) in [6.45, 7) is 2.97. The van der Waals surface area contributed by atoms with E-state index in [0.717, 1.165) is 24.3 Å². The third-order valence-electron chi connectivity index (χ3n) is 2.73. The van der Waals surface area contributed by atoms with Gasteiger partial charge in [-0.1, -0.05) is 12.1 Å². The van der Waals surface area contributed by atoms with Gasteiger partial charge in [-0.25, -0.2) is 0 Å². The van der Waals surface area contributed by atoms with Gasteiger partial charge in [0.05, 0.1) is 0 Å². The third-order valence-corrected chi connectivity index (χ3v) is 2.73. The molecule has 0 radical (unpaired) electrons. The number of nitrogens with two attached hydrogens (primary N) is 1. The molecule has 0 saturated carbocycles. The van der Waals surface area contributed by atoms with Gasteiger partial charge in [0.2, 0.25) is 0 Å². The van der Waals surface area contributed by atoms with Crippen molar-refractivity contribution in [1.82, 2.24) is 4.98 Å². The fourth-order valence-electron chi connectivity index (χ4n) is 1.70. The number of hydrogen-bond donors (Lipinski definition) is 2. The second kappa shape index (κ2) is 5.34. The minimum absolute atomic E-state index is 0.812. The first kappa shape index (κ1) is 11.5. The molecule has 3 N–H and O–H groups in total. The van der Waals surface area contributed by atoms with Crippen molar-refractivity contribution in [3.63, 3.8) is 0 Å². The second-order valence-corrected chi connectivity index (χ2v) is 4.11. The van der Waals surface area contributed by atoms with Crippen LogP contribution in [0.5, 0.6) is 0 Å². The lowest BCUT2D eigenvalue weighted by molar-refractivity contribution is 1.01. The van der Waals surface area contributed by atoms with E-state index in [1.807, 2.05) is 24.4 Å². The summed E-state index contributed by atoms with van der Waals surface area (Å²) in [4.78, 5) is 4.07. The van der Waals surface area contributed by atoms with Crippen molar-refractivity contribution in [3.8, 4) is 0 Å². The molecule has 1 aromatic carbocycles. The largest absolute Gasteiger partial charge is 0.399 e. The van der Waals surface area contributed by atoms with E-state index < -0.39 is 0 Å². The van der Waals surface area contributed by atoms with Gasteiger partial charge in [0.1, 0.15) is 0 Å². The van der Waals surface area contributed by atoms with Gasteiger partial charge in [-0.15, -0.1) is 0 Å². The van der Waals surface area contributed by atoms with E-state index in [1.54, 1.807) is 6.20 Å². The molecular weight excluding hydrogens is 210 g/mol. The minimum Gasteiger partial charge on any atom is -0.399 e. The van der Waals surface area contributed by atoms with Crippen LogP contribution in [0.25, 0.3) is 0 Å². The molecule has 0 fully saturated rings. The standard InChI is InChI=1S/C14H17N3/c1-11-10-16-8-7-14(11)17-9-6-12-2-4-13(15)5-3-12/h2-5,7-8,10H,6,9,15H2,1H3,(H,16,17). The Morgan fingerprint density at radius 3 is 2.65 bits per heavy atom. The predicted molar refractivity (Wildman–Crippen MR) is 72.0 cm³/mol. The third kappa shape index (κ3) is 3.21. The average Bonchev–Trinajstić information content (AvgIpc) is 2.34. The molecule has 17 heavy (non-hydrogen) atoms. The molecule has 88 valence electrons. The van der Waals surface area contributed by atoms with Gasteiger partial charge < -0.3 is 11.1 Å². The number of hydrogen-bond acceptors (Lipinski definition) is 3. The van der Waals surface area contributed by atoms with Gasteiger partial charge in [0.15, 0.2) is 0 Å². The van der Waals surface area contributed by atoms with Crippen molar-refractivity contribution in [2.24, 2.45) is 0 Å². The number of aromatic nitrogens is 1. The molecule has 0 aliphatic heterocycles. The highest BCUT2D eigenvalue weighted by molar-refractivity contribution is 5.48. The zero-order chi connectivity index (χ0) is 12.1. The number of aryl methyl sites for hydroxylation is 1. The average molecular weight is 227 g/mol. The summed E-state index contributed by atoms with van der Waals surface area (Å²) in [5.41, 5.74) is 10.1. The van der Waals surface area contributed by atoms with Gasteiger partial charge >= 0.3 is 0 Å². The summed E-state index contributed by atoms with van der Waals surface area (Å²) >= 11 is 0. The highest BCUT2D eigenvalue weighted by Gasteiger charge is 1.97. The zero-order valence-electron chi connectivity index (χ0n) is 9.98. The van der Waals surface area contributed by atoms with Crippen LogP contribution in [-0.2, 0) is 6.42 Å². The van der Waals surface area contributed by atoms with Gasteiger partial charge in [0, 0.05) is 30.3 Å². The molecule has 0 unspecified atom stereocenters. The lowest BCUT2D eigenvalue weighted by Crippen LogP contribution is -2.06. The summed E-state index contributed by atoms with van der Waals surface area (Å²) in [6.07, 6.45) is 4.66. The van der Waals surface area contributed by atoms with Crippen LogP contribution in [0.4, 0.5) is 11.4 Å². The normalized spacial score (nSPS) is 10.2. The SMILES string of the molecule is Cc1cnccc1NCCc1ccc(N)cc1. The van der Waals surface area contributed by atoms with Crippen LogP contribution in [0.1, 0.15) is 11.1 Å². The Morgan fingerprint density at radius 1 is 1.18 bits per heavy atom. The topological polar surface area (TPSA) is 50.9 Å². The maximum Gasteiger partial charge on any atom is 0.0400 e. The summed E-state index contributed by atoms with van der Waals surface area (Å²) in [5.74, 6) is 0. The predicted octanol–water partition coefficient (Wildman–Crippen LogP) is 2.63. The molecule has 3 nitrogen and oxygen atoms in total. The molecule has 0 aliphatic rings. The Hall–Kier alpha value is -2.03. The fourth-order valence-corrected chi connectivity index (χ4v) is 1.70. The van der Waals surface area contributed by atoms with Gasteiger partial charge in [-0.2, -0.15) is 0 Å². The number of rotatable bonds is 4.